The quantitative estimate of drug-likeness (QED) is 0.189. The molecule has 2 aliphatic heterocycles. The van der Waals surface area contributed by atoms with Crippen molar-refractivity contribution in [2.45, 2.75) is 76.7 Å². The lowest BCUT2D eigenvalue weighted by atomic mass is 9.77. The highest BCUT2D eigenvalue weighted by Gasteiger charge is 2.45. The van der Waals surface area contributed by atoms with E-state index in [9.17, 15) is 4.79 Å². The number of benzene rings is 4. The molecule has 3 aliphatic rings. The summed E-state index contributed by atoms with van der Waals surface area (Å²) in [4.78, 5) is 17.0. The number of amides is 1. The molecule has 0 N–H and O–H groups in total. The maximum Gasteiger partial charge on any atom is 0.223 e. The zero-order valence-corrected chi connectivity index (χ0v) is 29.8. The topological polar surface area (TPSA) is 26.6 Å². The van der Waals surface area contributed by atoms with Gasteiger partial charge >= 0.3 is 0 Å². The van der Waals surface area contributed by atoms with E-state index in [0.29, 0.717) is 6.42 Å². The summed E-state index contributed by atoms with van der Waals surface area (Å²) >= 11 is 0. The number of hydrogen-bond donors (Lipinski definition) is 0. The Labute approximate surface area is 286 Å². The Balaban J connectivity index is 1.17. The number of nitrogens with zero attached hydrogens (tertiary/aromatic N) is 3. The molecule has 0 spiro atoms. The lowest BCUT2D eigenvalue weighted by Crippen LogP contribution is -2.42. The molecule has 4 aromatic carbocycles. The van der Waals surface area contributed by atoms with E-state index in [1.54, 1.807) is 4.90 Å². The minimum atomic E-state index is -0.0833. The zero-order chi connectivity index (χ0) is 33.8. The van der Waals surface area contributed by atoms with Crippen LogP contribution >= 0.6 is 0 Å². The second kappa shape index (κ2) is 12.2. The number of carbonyl (C=O) groups excluding carboxylic acids is 1. The normalized spacial score (nSPS) is 20.6. The van der Waals surface area contributed by atoms with Gasteiger partial charge in [0, 0.05) is 61.9 Å². The Morgan fingerprint density at radius 2 is 1.54 bits per heavy atom. The molecule has 0 saturated carbocycles. The summed E-state index contributed by atoms with van der Waals surface area (Å²) in [7, 11) is 5.92. The van der Waals surface area contributed by atoms with Crippen molar-refractivity contribution >= 4 is 44.5 Å². The summed E-state index contributed by atoms with van der Waals surface area (Å²) in [5, 5.41) is 5.26. The van der Waals surface area contributed by atoms with Crippen molar-refractivity contribution in [3.63, 3.8) is 0 Å². The van der Waals surface area contributed by atoms with Crippen molar-refractivity contribution in [1.82, 2.24) is 4.90 Å². The molecule has 1 aliphatic carbocycles. The maximum absolute atomic E-state index is 12.7. The number of allylic oxidation sites excluding steroid dienone is 5. The predicted octanol–water partition coefficient (Wildman–Crippen LogP) is 9.63. The monoisotopic (exact) mass is 636 g/mol. The molecule has 48 heavy (non-hydrogen) atoms. The van der Waals surface area contributed by atoms with Crippen molar-refractivity contribution in [2.75, 3.05) is 32.6 Å². The summed E-state index contributed by atoms with van der Waals surface area (Å²) in [6.07, 6.45) is 14.5. The minimum Gasteiger partial charge on any atom is -0.367 e. The molecule has 1 unspecified atom stereocenters. The molecule has 1 amide bonds. The summed E-state index contributed by atoms with van der Waals surface area (Å²) < 4.78 is 2.39. The van der Waals surface area contributed by atoms with Crippen molar-refractivity contribution < 1.29 is 9.37 Å². The molecule has 0 fully saturated rings. The van der Waals surface area contributed by atoms with Crippen molar-refractivity contribution in [1.29, 1.82) is 0 Å². The fraction of sp³-hybridized carbons (Fsp3) is 0.364. The van der Waals surface area contributed by atoms with Crippen LogP contribution in [0.2, 0.25) is 0 Å². The second-order valence-corrected chi connectivity index (χ2v) is 15.3. The number of carbonyl (C=O) groups is 1. The Morgan fingerprint density at radius 3 is 2.25 bits per heavy atom. The fourth-order valence-corrected chi connectivity index (χ4v) is 8.85. The van der Waals surface area contributed by atoms with Crippen LogP contribution in [0.15, 0.2) is 108 Å². The van der Waals surface area contributed by atoms with Gasteiger partial charge in [0.15, 0.2) is 5.71 Å². The van der Waals surface area contributed by atoms with Crippen LogP contribution in [0.3, 0.4) is 0 Å². The van der Waals surface area contributed by atoms with E-state index < -0.39 is 0 Å². The third kappa shape index (κ3) is 5.40. The molecule has 4 heteroatoms. The molecular formula is C44H50N3O+. The van der Waals surface area contributed by atoms with Crippen molar-refractivity contribution in [3.05, 3.63) is 119 Å². The van der Waals surface area contributed by atoms with Gasteiger partial charge in [0.25, 0.3) is 0 Å². The lowest BCUT2D eigenvalue weighted by Gasteiger charge is -2.34. The van der Waals surface area contributed by atoms with E-state index in [0.717, 1.165) is 25.8 Å². The highest BCUT2D eigenvalue weighted by Crippen LogP contribution is 2.50. The van der Waals surface area contributed by atoms with Crippen LogP contribution in [0.25, 0.3) is 21.5 Å². The van der Waals surface area contributed by atoms with Gasteiger partial charge in [-0.15, -0.1) is 0 Å². The van der Waals surface area contributed by atoms with Crippen LogP contribution in [0.1, 0.15) is 70.9 Å². The maximum atomic E-state index is 12.7. The van der Waals surface area contributed by atoms with Gasteiger partial charge in [-0.05, 0) is 84.3 Å². The molecule has 0 bridgehead atoms. The van der Waals surface area contributed by atoms with E-state index in [2.05, 4.69) is 141 Å². The zero-order valence-electron chi connectivity index (χ0n) is 29.8. The van der Waals surface area contributed by atoms with E-state index >= 15 is 0 Å². The van der Waals surface area contributed by atoms with Gasteiger partial charge in [-0.2, -0.15) is 4.58 Å². The predicted molar refractivity (Wildman–Crippen MR) is 203 cm³/mol. The number of anilines is 1. The van der Waals surface area contributed by atoms with Gasteiger partial charge in [-0.25, -0.2) is 0 Å². The molecule has 7 rings (SSSR count). The van der Waals surface area contributed by atoms with E-state index in [1.165, 1.54) is 67.3 Å². The molecule has 2 heterocycles. The summed E-state index contributed by atoms with van der Waals surface area (Å²) in [6, 6.07) is 26.9. The Bertz CT molecular complexity index is 2050. The first-order chi connectivity index (χ1) is 23.0. The first kappa shape index (κ1) is 32.1. The fourth-order valence-electron chi connectivity index (χ4n) is 8.85. The van der Waals surface area contributed by atoms with Gasteiger partial charge in [0.05, 0.1) is 5.41 Å². The molecule has 0 saturated heterocycles. The Hall–Kier alpha value is -4.44. The largest absolute Gasteiger partial charge is 0.367 e. The van der Waals surface area contributed by atoms with Crippen LogP contribution < -0.4 is 4.90 Å². The minimum absolute atomic E-state index is 0.0655. The molecule has 1 atom stereocenters. The highest BCUT2D eigenvalue weighted by molar-refractivity contribution is 6.07. The van der Waals surface area contributed by atoms with Crippen LogP contribution in [-0.4, -0.2) is 54.8 Å². The number of fused-ring (bicyclic) bond motifs is 6. The van der Waals surface area contributed by atoms with Crippen molar-refractivity contribution in [3.8, 4) is 0 Å². The van der Waals surface area contributed by atoms with E-state index in [1.807, 2.05) is 14.1 Å². The second-order valence-electron chi connectivity index (χ2n) is 15.3. The Morgan fingerprint density at radius 1 is 0.875 bits per heavy atom. The smallest absolute Gasteiger partial charge is 0.223 e. The van der Waals surface area contributed by atoms with Crippen LogP contribution in [0.4, 0.5) is 11.4 Å². The average molecular weight is 637 g/mol. The summed E-state index contributed by atoms with van der Waals surface area (Å²) in [5.41, 5.74) is 9.45. The average Bonchev–Trinajstić information content (AvgIpc) is 3.42. The summed E-state index contributed by atoms with van der Waals surface area (Å²) in [5.74, 6) is 0.177. The third-order valence-electron chi connectivity index (χ3n) is 11.4. The first-order valence-electron chi connectivity index (χ1n) is 17.7. The van der Waals surface area contributed by atoms with E-state index in [4.69, 9.17) is 0 Å². The SMILES string of the molecule is CN(C)C(=O)CCN1c2ccc3ccccc3c2C(C)(C)C1CC=C1C=C(C=CC2=[N+](C)c3ccc4ccccc4c3C2(C)C)CCC1. The number of hydrogen-bond acceptors (Lipinski definition) is 2. The van der Waals surface area contributed by atoms with Gasteiger partial charge in [0.1, 0.15) is 7.05 Å². The summed E-state index contributed by atoms with van der Waals surface area (Å²) in [6.45, 7) is 10.3. The molecule has 0 radical (unpaired) electrons. The van der Waals surface area contributed by atoms with Crippen LogP contribution in [0.5, 0.6) is 0 Å². The highest BCUT2D eigenvalue weighted by atomic mass is 16.2. The van der Waals surface area contributed by atoms with Gasteiger partial charge in [-0.3, -0.25) is 4.79 Å². The van der Waals surface area contributed by atoms with Crippen molar-refractivity contribution in [2.24, 2.45) is 0 Å². The van der Waals surface area contributed by atoms with E-state index in [-0.39, 0.29) is 22.8 Å². The van der Waals surface area contributed by atoms with Crippen LogP contribution in [0, 0.1) is 0 Å². The number of rotatable bonds is 7. The van der Waals surface area contributed by atoms with Gasteiger partial charge in [-0.1, -0.05) is 92.2 Å². The molecular weight excluding hydrogens is 587 g/mol. The Kier molecular flexibility index (Phi) is 8.18. The van der Waals surface area contributed by atoms with Gasteiger partial charge in [0.2, 0.25) is 11.6 Å². The lowest BCUT2D eigenvalue weighted by molar-refractivity contribution is -0.401. The molecule has 0 aromatic heterocycles. The molecule has 4 aromatic rings. The standard InChI is InChI=1S/C44H50N3O/c1-43(2)38(46(7)36-23-21-32-15-8-10-17-34(32)41(36)43)25-19-30-13-12-14-31(29-30)20-26-39-44(3,4)42-35-18-11-9-16-33(35)22-24-37(42)47(39)28-27-40(48)45(5)6/h8-11,15-25,29,39H,12-14,26-28H2,1-7H3/q+1. The van der Waals surface area contributed by atoms with Crippen LogP contribution in [-0.2, 0) is 15.6 Å². The third-order valence-corrected chi connectivity index (χ3v) is 11.4. The first-order valence-corrected chi connectivity index (χ1v) is 17.7. The van der Waals surface area contributed by atoms with Gasteiger partial charge < -0.3 is 9.80 Å². The molecule has 246 valence electrons. The molecule has 4 nitrogen and oxygen atoms in total.